The van der Waals surface area contributed by atoms with Crippen LogP contribution in [0.25, 0.3) is 6.08 Å². The van der Waals surface area contributed by atoms with Gasteiger partial charge in [-0.15, -0.1) is 0 Å². The number of hydrogen-bond acceptors (Lipinski definition) is 8. The third kappa shape index (κ3) is 7.14. The van der Waals surface area contributed by atoms with Gasteiger partial charge in [-0.05, 0) is 36.8 Å². The van der Waals surface area contributed by atoms with Crippen molar-refractivity contribution in [3.63, 3.8) is 0 Å². The van der Waals surface area contributed by atoms with Crippen molar-refractivity contribution < 1.29 is 28.8 Å². The zero-order valence-electron chi connectivity index (χ0n) is 21.0. The minimum Gasteiger partial charge on any atom is -0.494 e. The fourth-order valence-corrected chi connectivity index (χ4v) is 3.71. The molecule has 2 atom stereocenters. The number of benzene rings is 2. The number of amides is 1. The molecular weight excluding hydrogens is 462 g/mol. The van der Waals surface area contributed by atoms with Crippen LogP contribution < -0.4 is 15.6 Å². The molecule has 2 aromatic rings. The molecule has 1 heterocycles. The number of ether oxygens (including phenoxy) is 4. The number of nitrogens with one attached hydrogen (secondary N) is 2. The molecule has 0 saturated carbocycles. The second-order valence-corrected chi connectivity index (χ2v) is 8.30. The molecule has 0 bridgehead atoms. The lowest BCUT2D eigenvalue weighted by Crippen LogP contribution is -2.55. The molecule has 0 aromatic heterocycles. The maximum absolute atomic E-state index is 13.4. The van der Waals surface area contributed by atoms with Gasteiger partial charge in [-0.25, -0.2) is 10.4 Å². The van der Waals surface area contributed by atoms with Gasteiger partial charge in [0.25, 0.3) is 5.91 Å². The number of aliphatic hydroxyl groups is 1. The monoisotopic (exact) mass is 497 g/mol. The Hall–Kier alpha value is -3.24. The number of aliphatic hydroxyl groups excluding tert-OH is 1. The summed E-state index contributed by atoms with van der Waals surface area (Å²) in [7, 11) is 3.06. The standard InChI is InChI=1S/C27H35N3O6/c1-20-27(16-7-11-21-9-5-4-6-10-21,26(32)30-28-19-24(33-2)34-3)29-25(36-20)22-12-14-23(15-13-22)35-18-8-17-31/h4-7,9-15,20,24,28,31H,8,16-19H2,1-3H3,(H,30,32)/b11-7+/t20-,27-/m0/s1. The van der Waals surface area contributed by atoms with Gasteiger partial charge in [0, 0.05) is 39.2 Å². The van der Waals surface area contributed by atoms with Crippen molar-refractivity contribution in [2.75, 3.05) is 34.0 Å². The van der Waals surface area contributed by atoms with Crippen LogP contribution in [0.4, 0.5) is 0 Å². The zero-order valence-corrected chi connectivity index (χ0v) is 21.0. The summed E-state index contributed by atoms with van der Waals surface area (Å²) in [5, 5.41) is 8.92. The Labute approximate surface area is 212 Å². The molecule has 1 aliphatic heterocycles. The maximum atomic E-state index is 13.4. The maximum Gasteiger partial charge on any atom is 0.266 e. The summed E-state index contributed by atoms with van der Waals surface area (Å²) < 4.78 is 22.0. The van der Waals surface area contributed by atoms with E-state index in [9.17, 15) is 4.79 Å². The molecular formula is C27H35N3O6. The summed E-state index contributed by atoms with van der Waals surface area (Å²) >= 11 is 0. The van der Waals surface area contributed by atoms with Gasteiger partial charge in [0.2, 0.25) is 5.90 Å². The predicted molar refractivity (Wildman–Crippen MR) is 137 cm³/mol. The molecule has 0 fully saturated rings. The highest BCUT2D eigenvalue weighted by Gasteiger charge is 2.49. The molecule has 36 heavy (non-hydrogen) atoms. The fourth-order valence-electron chi connectivity index (χ4n) is 3.71. The molecule has 9 heteroatoms. The highest BCUT2D eigenvalue weighted by atomic mass is 16.7. The largest absolute Gasteiger partial charge is 0.494 e. The van der Waals surface area contributed by atoms with Crippen molar-refractivity contribution in [1.29, 1.82) is 0 Å². The van der Waals surface area contributed by atoms with Crippen molar-refractivity contribution in [2.45, 2.75) is 37.7 Å². The van der Waals surface area contributed by atoms with Gasteiger partial charge < -0.3 is 24.1 Å². The average molecular weight is 498 g/mol. The molecule has 3 N–H and O–H groups in total. The third-order valence-electron chi connectivity index (χ3n) is 5.86. The number of carbonyl (C=O) groups is 1. The van der Waals surface area contributed by atoms with Crippen molar-refractivity contribution in [3.8, 4) is 5.75 Å². The van der Waals surface area contributed by atoms with E-state index in [1.807, 2.05) is 73.7 Å². The first-order valence-electron chi connectivity index (χ1n) is 11.9. The number of rotatable bonds is 14. The summed E-state index contributed by atoms with van der Waals surface area (Å²) in [6, 6.07) is 17.2. The number of hydrazine groups is 1. The molecule has 9 nitrogen and oxygen atoms in total. The number of nitrogens with zero attached hydrogens (tertiary/aromatic N) is 1. The topological polar surface area (TPSA) is 111 Å². The van der Waals surface area contributed by atoms with E-state index >= 15 is 0 Å². The Balaban J connectivity index is 1.80. The van der Waals surface area contributed by atoms with Gasteiger partial charge in [0.1, 0.15) is 11.9 Å². The van der Waals surface area contributed by atoms with Crippen LogP contribution in [0.15, 0.2) is 65.7 Å². The highest BCUT2D eigenvalue weighted by molar-refractivity contribution is 6.00. The van der Waals surface area contributed by atoms with E-state index in [2.05, 4.69) is 10.9 Å². The molecule has 194 valence electrons. The predicted octanol–water partition coefficient (Wildman–Crippen LogP) is 2.70. The van der Waals surface area contributed by atoms with E-state index in [4.69, 9.17) is 29.0 Å². The molecule has 2 aromatic carbocycles. The lowest BCUT2D eigenvalue weighted by Gasteiger charge is -2.27. The molecule has 1 amide bonds. The Kier molecular flexibility index (Phi) is 10.4. The van der Waals surface area contributed by atoms with Crippen molar-refractivity contribution in [2.24, 2.45) is 4.99 Å². The van der Waals surface area contributed by atoms with Gasteiger partial charge >= 0.3 is 0 Å². The lowest BCUT2D eigenvalue weighted by molar-refractivity contribution is -0.131. The Morgan fingerprint density at radius 1 is 1.17 bits per heavy atom. The summed E-state index contributed by atoms with van der Waals surface area (Å²) in [6.07, 6.45) is 3.77. The van der Waals surface area contributed by atoms with E-state index in [0.29, 0.717) is 31.1 Å². The van der Waals surface area contributed by atoms with E-state index in [0.717, 1.165) is 11.1 Å². The smallest absolute Gasteiger partial charge is 0.266 e. The van der Waals surface area contributed by atoms with Crippen LogP contribution in [0, 0.1) is 0 Å². The molecule has 0 saturated heterocycles. The number of methoxy groups -OCH3 is 2. The molecule has 0 unspecified atom stereocenters. The van der Waals surface area contributed by atoms with Gasteiger partial charge in [0.05, 0.1) is 13.2 Å². The van der Waals surface area contributed by atoms with Gasteiger partial charge in [-0.1, -0.05) is 42.5 Å². The lowest BCUT2D eigenvalue weighted by atomic mass is 9.89. The summed E-state index contributed by atoms with van der Waals surface area (Å²) in [4.78, 5) is 18.2. The number of aliphatic imine (C=N–C) groups is 1. The van der Waals surface area contributed by atoms with Crippen LogP contribution in [0.3, 0.4) is 0 Å². The molecule has 0 aliphatic carbocycles. The Morgan fingerprint density at radius 2 is 1.89 bits per heavy atom. The van der Waals surface area contributed by atoms with Crippen LogP contribution >= 0.6 is 0 Å². The van der Waals surface area contributed by atoms with Gasteiger partial charge in [0.15, 0.2) is 11.8 Å². The summed E-state index contributed by atoms with van der Waals surface area (Å²) in [5.41, 5.74) is 6.20. The van der Waals surface area contributed by atoms with Crippen LogP contribution in [0.5, 0.6) is 5.75 Å². The Bertz CT molecular complexity index is 1010. The van der Waals surface area contributed by atoms with E-state index in [1.165, 1.54) is 14.2 Å². The second-order valence-electron chi connectivity index (χ2n) is 8.30. The average Bonchev–Trinajstić information content (AvgIpc) is 3.25. The second kappa shape index (κ2) is 13.7. The minimum atomic E-state index is -1.18. The first-order chi connectivity index (χ1) is 17.5. The van der Waals surface area contributed by atoms with Crippen LogP contribution in [0.1, 0.15) is 30.9 Å². The normalized spacial score (nSPS) is 19.4. The molecule has 1 aliphatic rings. The van der Waals surface area contributed by atoms with Crippen LogP contribution in [0.2, 0.25) is 0 Å². The number of hydrogen-bond donors (Lipinski definition) is 3. The van der Waals surface area contributed by atoms with Crippen LogP contribution in [-0.2, 0) is 19.0 Å². The van der Waals surface area contributed by atoms with Crippen molar-refractivity contribution in [3.05, 3.63) is 71.8 Å². The van der Waals surface area contributed by atoms with Crippen molar-refractivity contribution >= 4 is 17.9 Å². The van der Waals surface area contributed by atoms with E-state index < -0.39 is 17.9 Å². The number of carbonyl (C=O) groups excluding carboxylic acids is 1. The van der Waals surface area contributed by atoms with Gasteiger partial charge in [-0.2, -0.15) is 0 Å². The summed E-state index contributed by atoms with van der Waals surface area (Å²) in [6.45, 7) is 2.61. The first kappa shape index (κ1) is 27.3. The third-order valence-corrected chi connectivity index (χ3v) is 5.86. The SMILES string of the molecule is COC(CNNC(=O)[C@@]1(C/C=C/c2ccccc2)N=C(c2ccc(OCCCO)cc2)O[C@H]1C)OC. The van der Waals surface area contributed by atoms with E-state index in [-0.39, 0.29) is 19.1 Å². The quantitative estimate of drug-likeness (QED) is 0.209. The Morgan fingerprint density at radius 3 is 2.56 bits per heavy atom. The molecule has 3 rings (SSSR count). The minimum absolute atomic E-state index is 0.0793. The van der Waals surface area contributed by atoms with Crippen LogP contribution in [-0.4, -0.2) is 68.8 Å². The fraction of sp³-hybridized carbons (Fsp3) is 0.407. The summed E-state index contributed by atoms with van der Waals surface area (Å²) in [5.74, 6) is 0.751. The van der Waals surface area contributed by atoms with Gasteiger partial charge in [-0.3, -0.25) is 10.2 Å². The molecule has 0 radical (unpaired) electrons. The highest BCUT2D eigenvalue weighted by Crippen LogP contribution is 2.33. The van der Waals surface area contributed by atoms with Crippen molar-refractivity contribution in [1.82, 2.24) is 10.9 Å². The first-order valence-corrected chi connectivity index (χ1v) is 11.9. The zero-order chi connectivity index (χ0) is 25.8. The van der Waals surface area contributed by atoms with E-state index in [1.54, 1.807) is 0 Å². The molecule has 0 spiro atoms.